The summed E-state index contributed by atoms with van der Waals surface area (Å²) in [6.07, 6.45) is 2.10. The molecule has 1 aliphatic carbocycles. The van der Waals surface area contributed by atoms with E-state index in [-0.39, 0.29) is 26.1 Å². The number of benzene rings is 2. The molecule has 1 spiro atoms. The number of urea groups is 1. The van der Waals surface area contributed by atoms with E-state index >= 15 is 0 Å². The molecule has 0 radical (unpaired) electrons. The van der Waals surface area contributed by atoms with E-state index in [9.17, 15) is 19.2 Å². The number of carbonyl (C=O) groups is 4. The molecule has 1 atom stereocenters. The van der Waals surface area contributed by atoms with Gasteiger partial charge in [0.25, 0.3) is 5.91 Å². The van der Waals surface area contributed by atoms with Crippen LogP contribution in [0.25, 0.3) is 0 Å². The van der Waals surface area contributed by atoms with E-state index in [1.165, 1.54) is 4.90 Å². The molecule has 0 saturated carbocycles. The molecule has 0 aromatic heterocycles. The van der Waals surface area contributed by atoms with Crippen LogP contribution in [0.1, 0.15) is 36.0 Å². The highest BCUT2D eigenvalue weighted by molar-refractivity contribution is 6.09. The summed E-state index contributed by atoms with van der Waals surface area (Å²) in [5, 5.41) is 2.86. The van der Waals surface area contributed by atoms with Crippen LogP contribution in [-0.4, -0.2) is 46.6 Å². The van der Waals surface area contributed by atoms with Gasteiger partial charge in [-0.15, -0.1) is 0 Å². The predicted octanol–water partition coefficient (Wildman–Crippen LogP) is 1.67. The van der Waals surface area contributed by atoms with Crippen LogP contribution in [0.15, 0.2) is 54.6 Å². The van der Waals surface area contributed by atoms with Crippen molar-refractivity contribution in [2.24, 2.45) is 5.73 Å². The molecule has 1 heterocycles. The van der Waals surface area contributed by atoms with Crippen LogP contribution in [0.3, 0.4) is 0 Å². The fraction of sp³-hybridized carbons (Fsp3) is 0.333. The molecule has 2 aliphatic rings. The Kier molecular flexibility index (Phi) is 5.94. The van der Waals surface area contributed by atoms with E-state index < -0.39 is 29.3 Å². The van der Waals surface area contributed by atoms with Crippen molar-refractivity contribution >= 4 is 23.8 Å². The molecule has 1 saturated heterocycles. The third-order valence-electron chi connectivity index (χ3n) is 6.14. The zero-order valence-electron chi connectivity index (χ0n) is 17.8. The Labute approximate surface area is 186 Å². The maximum absolute atomic E-state index is 13.4. The van der Waals surface area contributed by atoms with Crippen molar-refractivity contribution in [1.29, 1.82) is 0 Å². The van der Waals surface area contributed by atoms with E-state index in [2.05, 4.69) is 5.32 Å². The summed E-state index contributed by atoms with van der Waals surface area (Å²) in [6.45, 7) is -0.0224. The van der Waals surface area contributed by atoms with Crippen LogP contribution >= 0.6 is 0 Å². The quantitative estimate of drug-likeness (QED) is 0.646. The average Bonchev–Trinajstić information content (AvgIpc) is 3.02. The molecule has 1 aliphatic heterocycles. The fourth-order valence-corrected chi connectivity index (χ4v) is 4.53. The van der Waals surface area contributed by atoms with Crippen LogP contribution in [-0.2, 0) is 32.9 Å². The molecule has 1 unspecified atom stereocenters. The van der Waals surface area contributed by atoms with Gasteiger partial charge in [0.2, 0.25) is 11.8 Å². The fourth-order valence-electron chi connectivity index (χ4n) is 4.53. The lowest BCUT2D eigenvalue weighted by atomic mass is 9.76. The van der Waals surface area contributed by atoms with E-state index in [1.807, 2.05) is 54.6 Å². The van der Waals surface area contributed by atoms with Crippen molar-refractivity contribution in [1.82, 2.24) is 15.1 Å². The van der Waals surface area contributed by atoms with Gasteiger partial charge in [0.1, 0.15) is 12.1 Å². The van der Waals surface area contributed by atoms with Crippen molar-refractivity contribution in [3.8, 4) is 0 Å². The second-order valence-electron chi connectivity index (χ2n) is 8.25. The molecular weight excluding hydrogens is 408 g/mol. The first-order valence-electron chi connectivity index (χ1n) is 10.7. The third-order valence-corrected chi connectivity index (χ3v) is 6.14. The topological polar surface area (TPSA) is 113 Å². The Balaban J connectivity index is 1.54. The predicted molar refractivity (Wildman–Crippen MR) is 117 cm³/mol. The highest BCUT2D eigenvalue weighted by atomic mass is 16.2. The summed E-state index contributed by atoms with van der Waals surface area (Å²) in [5.41, 5.74) is 6.86. The Morgan fingerprint density at radius 1 is 1.06 bits per heavy atom. The highest BCUT2D eigenvalue weighted by Crippen LogP contribution is 2.39. The first-order chi connectivity index (χ1) is 15.4. The van der Waals surface area contributed by atoms with Crippen molar-refractivity contribution < 1.29 is 19.2 Å². The van der Waals surface area contributed by atoms with Crippen molar-refractivity contribution in [3.63, 3.8) is 0 Å². The van der Waals surface area contributed by atoms with Gasteiger partial charge < -0.3 is 16.0 Å². The number of hydrogen-bond acceptors (Lipinski definition) is 4. The maximum Gasteiger partial charge on any atom is 0.325 e. The van der Waals surface area contributed by atoms with E-state index in [0.717, 1.165) is 34.4 Å². The number of primary amides is 1. The standard InChI is InChI=1S/C24H26N4O4/c25-20(29)12-14-27(15-17-7-2-1-3-8-17)21(30)16-28-22(31)24(26-23(28)32)13-6-10-18-9-4-5-11-19(18)24/h1-5,7-9,11H,6,10,12-16H2,(H2,25,29)(H,26,32). The first kappa shape index (κ1) is 21.5. The first-order valence-corrected chi connectivity index (χ1v) is 10.7. The van der Waals surface area contributed by atoms with E-state index in [4.69, 9.17) is 5.73 Å². The number of amides is 5. The lowest BCUT2D eigenvalue weighted by Gasteiger charge is -2.33. The van der Waals surface area contributed by atoms with Crippen LogP contribution < -0.4 is 11.1 Å². The van der Waals surface area contributed by atoms with Crippen molar-refractivity contribution in [3.05, 3.63) is 71.3 Å². The second kappa shape index (κ2) is 8.82. The monoisotopic (exact) mass is 434 g/mol. The molecule has 1 fully saturated rings. The minimum Gasteiger partial charge on any atom is -0.370 e. The molecule has 2 aromatic rings. The van der Waals surface area contributed by atoms with Gasteiger partial charge in [-0.25, -0.2) is 4.79 Å². The van der Waals surface area contributed by atoms with Gasteiger partial charge in [-0.1, -0.05) is 54.6 Å². The van der Waals surface area contributed by atoms with Gasteiger partial charge in [-0.2, -0.15) is 0 Å². The van der Waals surface area contributed by atoms with Crippen molar-refractivity contribution in [2.45, 2.75) is 37.8 Å². The highest BCUT2D eigenvalue weighted by Gasteiger charge is 2.54. The molecule has 32 heavy (non-hydrogen) atoms. The van der Waals surface area contributed by atoms with Crippen LogP contribution in [0.5, 0.6) is 0 Å². The normalized spacial score (nSPS) is 19.6. The Morgan fingerprint density at radius 2 is 1.78 bits per heavy atom. The van der Waals surface area contributed by atoms with Gasteiger partial charge in [-0.3, -0.25) is 19.3 Å². The molecule has 3 N–H and O–H groups in total. The SMILES string of the molecule is NC(=O)CCN(Cc1ccccc1)C(=O)CN1C(=O)NC2(CCCc3ccccc32)C1=O. The number of hydrogen-bond donors (Lipinski definition) is 2. The second-order valence-corrected chi connectivity index (χ2v) is 8.25. The number of fused-ring (bicyclic) bond motifs is 2. The zero-order valence-corrected chi connectivity index (χ0v) is 17.8. The summed E-state index contributed by atoms with van der Waals surface area (Å²) < 4.78 is 0. The summed E-state index contributed by atoms with van der Waals surface area (Å²) in [6, 6.07) is 16.3. The Morgan fingerprint density at radius 3 is 2.53 bits per heavy atom. The molecule has 166 valence electrons. The average molecular weight is 434 g/mol. The summed E-state index contributed by atoms with van der Waals surface area (Å²) in [4.78, 5) is 53.1. The molecule has 2 aromatic carbocycles. The summed E-state index contributed by atoms with van der Waals surface area (Å²) >= 11 is 0. The number of nitrogens with two attached hydrogens (primary N) is 1. The number of imide groups is 1. The number of rotatable bonds is 7. The molecular formula is C24H26N4O4. The number of nitrogens with one attached hydrogen (secondary N) is 1. The lowest BCUT2D eigenvalue weighted by Crippen LogP contribution is -2.47. The number of nitrogens with zero attached hydrogens (tertiary/aromatic N) is 2. The minimum absolute atomic E-state index is 0.00394. The molecule has 8 nitrogen and oxygen atoms in total. The van der Waals surface area contributed by atoms with Crippen LogP contribution in [0.2, 0.25) is 0 Å². The molecule has 4 rings (SSSR count). The Bertz CT molecular complexity index is 1050. The van der Waals surface area contributed by atoms with E-state index in [0.29, 0.717) is 6.42 Å². The van der Waals surface area contributed by atoms with Crippen LogP contribution in [0.4, 0.5) is 4.79 Å². The van der Waals surface area contributed by atoms with Gasteiger partial charge in [0.05, 0.1) is 0 Å². The number of carbonyl (C=O) groups excluding carboxylic acids is 4. The van der Waals surface area contributed by atoms with Gasteiger partial charge in [0.15, 0.2) is 0 Å². The smallest absolute Gasteiger partial charge is 0.325 e. The molecule has 0 bridgehead atoms. The number of aryl methyl sites for hydroxylation is 1. The van der Waals surface area contributed by atoms with E-state index in [1.54, 1.807) is 0 Å². The van der Waals surface area contributed by atoms with Crippen LogP contribution in [0, 0.1) is 0 Å². The molecule has 8 heteroatoms. The van der Waals surface area contributed by atoms with Gasteiger partial charge >= 0.3 is 6.03 Å². The summed E-state index contributed by atoms with van der Waals surface area (Å²) in [5.74, 6) is -1.35. The maximum atomic E-state index is 13.4. The summed E-state index contributed by atoms with van der Waals surface area (Å²) in [7, 11) is 0. The largest absolute Gasteiger partial charge is 0.370 e. The minimum atomic E-state index is -1.12. The zero-order chi connectivity index (χ0) is 22.7. The molecule has 5 amide bonds. The Hall–Kier alpha value is -3.68. The van der Waals surface area contributed by atoms with Gasteiger partial charge in [-0.05, 0) is 36.0 Å². The van der Waals surface area contributed by atoms with Crippen molar-refractivity contribution in [2.75, 3.05) is 13.1 Å². The lowest BCUT2D eigenvalue weighted by molar-refractivity contribution is -0.140. The third kappa shape index (κ3) is 4.08. The van der Waals surface area contributed by atoms with Gasteiger partial charge in [0, 0.05) is 19.5 Å².